The fraction of sp³-hybridized carbons (Fsp3) is 0.243. The van der Waals surface area contributed by atoms with E-state index in [9.17, 15) is 0 Å². The third-order valence-electron chi connectivity index (χ3n) is 7.09. The average Bonchev–Trinajstić information content (AvgIpc) is 2.98. The first-order chi connectivity index (χ1) is 18.6. The van der Waals surface area contributed by atoms with Gasteiger partial charge in [0.25, 0.3) is 0 Å². The van der Waals surface area contributed by atoms with Gasteiger partial charge in [-0.1, -0.05) is 124 Å². The third kappa shape index (κ3) is 8.08. The summed E-state index contributed by atoms with van der Waals surface area (Å²) in [5.41, 5.74) is 10.1. The molecule has 0 radical (unpaired) electrons. The molecule has 0 aromatic heterocycles. The van der Waals surface area contributed by atoms with Crippen molar-refractivity contribution >= 4 is 35.7 Å². The summed E-state index contributed by atoms with van der Waals surface area (Å²) in [4.78, 5) is 2.23. The van der Waals surface area contributed by atoms with Crippen LogP contribution in [0.2, 0.25) is 0 Å². The van der Waals surface area contributed by atoms with Gasteiger partial charge in [0.15, 0.2) is 0 Å². The number of benzene rings is 4. The Bertz CT molecular complexity index is 1190. The molecule has 4 rings (SSSR count). The second kappa shape index (κ2) is 14.2. The molecule has 0 N–H and O–H groups in total. The van der Waals surface area contributed by atoms with Gasteiger partial charge in [-0.15, -0.1) is 0 Å². The van der Waals surface area contributed by atoms with E-state index in [1.165, 1.54) is 83.3 Å². The standard InChI is InChI=1S/C37H41N/c1-4-6-8-30-10-14-32(15-11-30)18-20-34-22-26-36(27-23-34)38(3)37-28-24-35(25-29-37)21-19-33-16-12-31(13-17-33)9-7-5-2/h10-29H,4-9H2,1-3H3. The molecule has 0 aliphatic heterocycles. The van der Waals surface area contributed by atoms with Gasteiger partial charge < -0.3 is 4.90 Å². The third-order valence-corrected chi connectivity index (χ3v) is 7.09. The summed E-state index contributed by atoms with van der Waals surface area (Å²) in [5, 5.41) is 0. The Morgan fingerprint density at radius 2 is 0.737 bits per heavy atom. The zero-order chi connectivity index (χ0) is 26.6. The maximum Gasteiger partial charge on any atom is 0.0408 e. The number of hydrogen-bond acceptors (Lipinski definition) is 1. The van der Waals surface area contributed by atoms with E-state index in [1.807, 2.05) is 0 Å². The minimum absolute atomic E-state index is 1.17. The molecule has 0 fully saturated rings. The highest BCUT2D eigenvalue weighted by molar-refractivity contribution is 5.73. The highest BCUT2D eigenvalue weighted by Gasteiger charge is 2.04. The van der Waals surface area contributed by atoms with Crippen LogP contribution in [-0.4, -0.2) is 7.05 Å². The van der Waals surface area contributed by atoms with Crippen molar-refractivity contribution in [3.05, 3.63) is 130 Å². The number of nitrogens with zero attached hydrogens (tertiary/aromatic N) is 1. The van der Waals surface area contributed by atoms with Gasteiger partial charge in [0.1, 0.15) is 0 Å². The first kappa shape index (κ1) is 27.2. The van der Waals surface area contributed by atoms with Gasteiger partial charge in [-0.2, -0.15) is 0 Å². The predicted octanol–water partition coefficient (Wildman–Crippen LogP) is 10.5. The van der Waals surface area contributed by atoms with E-state index in [1.54, 1.807) is 0 Å². The van der Waals surface area contributed by atoms with E-state index in [2.05, 4.69) is 147 Å². The molecule has 0 aliphatic carbocycles. The lowest BCUT2D eigenvalue weighted by Crippen LogP contribution is -2.08. The van der Waals surface area contributed by atoms with Crippen molar-refractivity contribution in [1.82, 2.24) is 0 Å². The Balaban J connectivity index is 1.33. The van der Waals surface area contributed by atoms with Crippen molar-refractivity contribution in [2.45, 2.75) is 52.4 Å². The van der Waals surface area contributed by atoms with Crippen LogP contribution in [0, 0.1) is 0 Å². The summed E-state index contributed by atoms with van der Waals surface area (Å²) in [6.07, 6.45) is 16.1. The Morgan fingerprint density at radius 1 is 0.447 bits per heavy atom. The summed E-state index contributed by atoms with van der Waals surface area (Å²) >= 11 is 0. The molecule has 0 saturated heterocycles. The second-order valence-electron chi connectivity index (χ2n) is 10.1. The van der Waals surface area contributed by atoms with Gasteiger partial charge in [0.2, 0.25) is 0 Å². The zero-order valence-electron chi connectivity index (χ0n) is 23.2. The number of unbranched alkanes of at least 4 members (excludes halogenated alkanes) is 2. The molecule has 0 atom stereocenters. The molecule has 0 unspecified atom stereocenters. The molecule has 0 bridgehead atoms. The molecule has 0 spiro atoms. The number of anilines is 2. The lowest BCUT2D eigenvalue weighted by molar-refractivity contribution is 0.795. The number of rotatable bonds is 12. The lowest BCUT2D eigenvalue weighted by atomic mass is 10.1. The Morgan fingerprint density at radius 3 is 1.03 bits per heavy atom. The minimum atomic E-state index is 1.17. The summed E-state index contributed by atoms with van der Waals surface area (Å²) < 4.78 is 0. The summed E-state index contributed by atoms with van der Waals surface area (Å²) in [6.45, 7) is 4.48. The highest BCUT2D eigenvalue weighted by Crippen LogP contribution is 2.25. The van der Waals surface area contributed by atoms with Crippen LogP contribution in [0.1, 0.15) is 72.9 Å². The maximum atomic E-state index is 2.25. The smallest absolute Gasteiger partial charge is 0.0408 e. The number of aryl methyl sites for hydroxylation is 2. The van der Waals surface area contributed by atoms with E-state index in [4.69, 9.17) is 0 Å². The fourth-order valence-corrected chi connectivity index (χ4v) is 4.50. The summed E-state index contributed by atoms with van der Waals surface area (Å²) in [6, 6.07) is 35.3. The van der Waals surface area contributed by atoms with Crippen LogP contribution in [0.15, 0.2) is 97.1 Å². The number of hydrogen-bond donors (Lipinski definition) is 0. The molecule has 0 heterocycles. The van der Waals surface area contributed by atoms with E-state index in [0.717, 1.165) is 0 Å². The molecule has 1 heteroatoms. The molecular weight excluding hydrogens is 458 g/mol. The van der Waals surface area contributed by atoms with Crippen molar-refractivity contribution in [3.63, 3.8) is 0 Å². The van der Waals surface area contributed by atoms with Gasteiger partial charge >= 0.3 is 0 Å². The monoisotopic (exact) mass is 499 g/mol. The van der Waals surface area contributed by atoms with Gasteiger partial charge in [-0.05, 0) is 83.3 Å². The maximum absolute atomic E-state index is 2.25. The van der Waals surface area contributed by atoms with E-state index in [-0.39, 0.29) is 0 Å². The zero-order valence-corrected chi connectivity index (χ0v) is 23.2. The van der Waals surface area contributed by atoms with Crippen LogP contribution in [0.25, 0.3) is 24.3 Å². The topological polar surface area (TPSA) is 3.24 Å². The van der Waals surface area contributed by atoms with Crippen LogP contribution in [0.3, 0.4) is 0 Å². The van der Waals surface area contributed by atoms with Crippen molar-refractivity contribution in [3.8, 4) is 0 Å². The average molecular weight is 500 g/mol. The van der Waals surface area contributed by atoms with Crippen LogP contribution in [-0.2, 0) is 12.8 Å². The Kier molecular flexibility index (Phi) is 10.2. The quantitative estimate of drug-likeness (QED) is 0.175. The van der Waals surface area contributed by atoms with E-state index in [0.29, 0.717) is 0 Å². The van der Waals surface area contributed by atoms with E-state index < -0.39 is 0 Å². The summed E-state index contributed by atoms with van der Waals surface area (Å²) in [5.74, 6) is 0. The second-order valence-corrected chi connectivity index (χ2v) is 10.1. The minimum Gasteiger partial charge on any atom is -0.345 e. The molecule has 0 aliphatic rings. The largest absolute Gasteiger partial charge is 0.345 e. The van der Waals surface area contributed by atoms with Gasteiger partial charge in [-0.25, -0.2) is 0 Å². The predicted molar refractivity (Wildman–Crippen MR) is 169 cm³/mol. The van der Waals surface area contributed by atoms with Crippen LogP contribution in [0.5, 0.6) is 0 Å². The normalized spacial score (nSPS) is 11.4. The molecule has 4 aromatic carbocycles. The van der Waals surface area contributed by atoms with Crippen LogP contribution in [0.4, 0.5) is 11.4 Å². The SMILES string of the molecule is CCCCc1ccc(C=Cc2ccc(N(C)c3ccc(C=Cc4ccc(CCCC)cc4)cc3)cc2)cc1. The first-order valence-electron chi connectivity index (χ1n) is 14.1. The van der Waals surface area contributed by atoms with Crippen LogP contribution >= 0.6 is 0 Å². The van der Waals surface area contributed by atoms with Crippen molar-refractivity contribution in [2.24, 2.45) is 0 Å². The summed E-state index contributed by atoms with van der Waals surface area (Å²) in [7, 11) is 2.12. The Labute approximate surface area is 230 Å². The lowest BCUT2D eigenvalue weighted by Gasteiger charge is -2.20. The van der Waals surface area contributed by atoms with Crippen molar-refractivity contribution in [1.29, 1.82) is 0 Å². The van der Waals surface area contributed by atoms with Crippen LogP contribution < -0.4 is 4.90 Å². The molecule has 0 amide bonds. The Hall–Kier alpha value is -3.84. The van der Waals surface area contributed by atoms with E-state index >= 15 is 0 Å². The molecular formula is C37H41N. The molecule has 194 valence electrons. The molecule has 0 saturated carbocycles. The van der Waals surface area contributed by atoms with Crippen molar-refractivity contribution in [2.75, 3.05) is 11.9 Å². The van der Waals surface area contributed by atoms with Gasteiger partial charge in [0, 0.05) is 18.4 Å². The van der Waals surface area contributed by atoms with Gasteiger partial charge in [-0.3, -0.25) is 0 Å². The molecule has 4 aromatic rings. The first-order valence-corrected chi connectivity index (χ1v) is 14.1. The van der Waals surface area contributed by atoms with Crippen molar-refractivity contribution < 1.29 is 0 Å². The molecule has 1 nitrogen and oxygen atoms in total. The fourth-order valence-electron chi connectivity index (χ4n) is 4.50. The molecule has 38 heavy (non-hydrogen) atoms. The highest BCUT2D eigenvalue weighted by atomic mass is 15.1. The van der Waals surface area contributed by atoms with Gasteiger partial charge in [0.05, 0.1) is 0 Å².